The van der Waals surface area contributed by atoms with Crippen LogP contribution in [0.5, 0.6) is 0 Å². The maximum absolute atomic E-state index is 14.5. The van der Waals surface area contributed by atoms with Gasteiger partial charge in [-0.2, -0.15) is 12.6 Å². The fourth-order valence-corrected chi connectivity index (χ4v) is 11.0. The summed E-state index contributed by atoms with van der Waals surface area (Å²) in [6.45, 7) is 14.5. The van der Waals surface area contributed by atoms with Gasteiger partial charge in [0.1, 0.15) is 78.5 Å². The summed E-state index contributed by atoms with van der Waals surface area (Å²) in [7, 11) is 0. The van der Waals surface area contributed by atoms with E-state index in [1.807, 2.05) is 0 Å². The predicted octanol–water partition coefficient (Wildman–Crippen LogP) is -6.99. The molecule has 14 amide bonds. The maximum Gasteiger partial charge on any atom is 0.325 e. The van der Waals surface area contributed by atoms with Gasteiger partial charge >= 0.3 is 5.97 Å². The van der Waals surface area contributed by atoms with Gasteiger partial charge in [0.05, 0.1) is 36.7 Å². The van der Waals surface area contributed by atoms with Gasteiger partial charge in [-0.25, -0.2) is 4.98 Å². The number of thiol groups is 1. The van der Waals surface area contributed by atoms with Crippen molar-refractivity contribution in [1.29, 1.82) is 5.41 Å². The minimum absolute atomic E-state index is 0.00911. The van der Waals surface area contributed by atoms with Gasteiger partial charge in [0.15, 0.2) is 5.96 Å². The van der Waals surface area contributed by atoms with Gasteiger partial charge in [-0.05, 0) is 109 Å². The number of H-pyrrole nitrogens is 1. The number of aromatic nitrogens is 2. The number of benzene rings is 1. The highest BCUT2D eigenvalue weighted by Crippen LogP contribution is 2.14. The van der Waals surface area contributed by atoms with E-state index in [0.29, 0.717) is 31.4 Å². The van der Waals surface area contributed by atoms with Gasteiger partial charge in [-0.1, -0.05) is 78.3 Å². The smallest absolute Gasteiger partial charge is 0.325 e. The van der Waals surface area contributed by atoms with E-state index in [1.165, 1.54) is 61.0 Å². The molecule has 1 aromatic carbocycles. The Hall–Kier alpha value is -10.1. The summed E-state index contributed by atoms with van der Waals surface area (Å²) >= 11 is 4.29. The molecule has 0 saturated carbocycles. The molecule has 0 radical (unpaired) electrons. The largest absolute Gasteiger partial charge is 0.480 e. The zero-order valence-electron chi connectivity index (χ0n) is 63.9. The third-order valence-electron chi connectivity index (χ3n) is 17.2. The van der Waals surface area contributed by atoms with Crippen LogP contribution in [0.3, 0.4) is 0 Å². The summed E-state index contributed by atoms with van der Waals surface area (Å²) < 4.78 is 0. The minimum Gasteiger partial charge on any atom is -0.480 e. The number of nitrogens with zero attached hydrogens (tertiary/aromatic N) is 1. The van der Waals surface area contributed by atoms with Gasteiger partial charge < -0.3 is 123 Å². The Kier molecular flexibility index (Phi) is 42.9. The molecule has 16 atom stereocenters. The monoisotopic (exact) mass is 1570 g/mol. The predicted molar refractivity (Wildman–Crippen MR) is 405 cm³/mol. The first-order valence-corrected chi connectivity index (χ1v) is 37.0. The lowest BCUT2D eigenvalue weighted by Crippen LogP contribution is -2.63. The second kappa shape index (κ2) is 49.1. The van der Waals surface area contributed by atoms with Gasteiger partial charge in [0.25, 0.3) is 0 Å². The van der Waals surface area contributed by atoms with Crippen molar-refractivity contribution in [2.45, 2.75) is 237 Å². The number of carboxylic acids is 1. The summed E-state index contributed by atoms with van der Waals surface area (Å²) in [4.78, 5) is 212. The molecule has 0 unspecified atom stereocenters. The van der Waals surface area contributed by atoms with Crippen molar-refractivity contribution in [3.8, 4) is 0 Å². The second-order valence-corrected chi connectivity index (χ2v) is 28.1. The number of imidazole rings is 1. The molecule has 0 fully saturated rings. The number of nitrogens with one attached hydrogen (secondary N) is 16. The molecule has 1 heterocycles. The van der Waals surface area contributed by atoms with E-state index < -0.39 is 221 Å². The lowest BCUT2D eigenvalue weighted by Gasteiger charge is -2.30. The molecule has 41 heteroatoms. The van der Waals surface area contributed by atoms with Crippen LogP contribution in [0.4, 0.5) is 0 Å². The van der Waals surface area contributed by atoms with E-state index in [1.54, 1.807) is 44.2 Å². The SMILES string of the molecule is CC(C)[C@H](NC(=O)[C@H](CC(N)=O)NC(=O)[C@@H](NC(=O)[C@H](C)NC(=O)[C@H](Cc1ccccc1)NC(=O)[C@@H](N)CCCCN)[C@@H](C)O)C(=O)N[C@H](C(=O)N[C@@H](CCCNC(=N)N)C(=O)N[C@@H](CCCCN)C(=O)N[C@@H](CS)C(=O)N[C@H](C(=O)N[C@H](C(=O)N[C@@H](Cc1c[nH]cn1)C(=O)N[C@@H](C)C(=O)O)[C@@H](C)O)C(C)C)C(C)C. The Balaban J connectivity index is 2.39. The fraction of sp³-hybridized carbons (Fsp3) is 0.638. The molecule has 0 aliphatic rings. The number of aliphatic hydroxyl groups excluding tert-OH is 2. The highest BCUT2D eigenvalue weighted by molar-refractivity contribution is 7.80. The number of amides is 14. The van der Waals surface area contributed by atoms with Crippen LogP contribution in [0.2, 0.25) is 0 Å². The van der Waals surface area contributed by atoms with Gasteiger partial charge in [0, 0.05) is 31.3 Å². The Morgan fingerprint density at radius 1 is 0.455 bits per heavy atom. The van der Waals surface area contributed by atoms with Crippen LogP contribution < -0.4 is 103 Å². The van der Waals surface area contributed by atoms with Crippen LogP contribution in [0.25, 0.3) is 0 Å². The number of hydrogen-bond donors (Lipinski definition) is 25. The number of primary amides is 1. The first-order chi connectivity index (χ1) is 51.7. The third kappa shape index (κ3) is 34.2. The van der Waals surface area contributed by atoms with Gasteiger partial charge in [-0.15, -0.1) is 0 Å². The molecule has 0 aliphatic carbocycles. The fourth-order valence-electron chi connectivity index (χ4n) is 10.7. The Morgan fingerprint density at radius 3 is 1.29 bits per heavy atom. The summed E-state index contributed by atoms with van der Waals surface area (Å²) in [6.07, 6.45) is 0.0871. The molecular formula is C69H116N22O18S. The highest BCUT2D eigenvalue weighted by Gasteiger charge is 2.40. The molecule has 0 saturated heterocycles. The van der Waals surface area contributed by atoms with Crippen LogP contribution in [-0.4, -0.2) is 242 Å². The number of carbonyl (C=O) groups excluding carboxylic acids is 14. The summed E-state index contributed by atoms with van der Waals surface area (Å²) in [5.41, 5.74) is 29.5. The number of hydrogen-bond acceptors (Lipinski definition) is 23. The van der Waals surface area contributed by atoms with Gasteiger partial charge in [0.2, 0.25) is 82.7 Å². The first-order valence-electron chi connectivity index (χ1n) is 36.4. The van der Waals surface area contributed by atoms with Crippen LogP contribution in [-0.2, 0) is 84.8 Å². The molecule has 1 aromatic heterocycles. The molecule has 0 spiro atoms. The van der Waals surface area contributed by atoms with E-state index in [2.05, 4.69) is 97.0 Å². The minimum atomic E-state index is -1.87. The molecule has 616 valence electrons. The molecule has 29 N–H and O–H groups in total. The van der Waals surface area contributed by atoms with Crippen molar-refractivity contribution in [3.05, 3.63) is 54.1 Å². The zero-order chi connectivity index (χ0) is 83.2. The number of carbonyl (C=O) groups is 15. The molecule has 2 rings (SSSR count). The van der Waals surface area contributed by atoms with Crippen molar-refractivity contribution in [1.82, 2.24) is 84.4 Å². The molecule has 40 nitrogen and oxygen atoms in total. The van der Waals surface area contributed by atoms with Crippen molar-refractivity contribution >= 4 is 107 Å². The number of aliphatic hydroxyl groups is 2. The van der Waals surface area contributed by atoms with Crippen molar-refractivity contribution in [3.63, 3.8) is 0 Å². The number of guanidine groups is 1. The van der Waals surface area contributed by atoms with E-state index in [4.69, 9.17) is 34.1 Å². The van der Waals surface area contributed by atoms with E-state index >= 15 is 0 Å². The zero-order valence-corrected chi connectivity index (χ0v) is 64.8. The average Bonchev–Trinajstić information content (AvgIpc) is 0.956. The quantitative estimate of drug-likeness (QED) is 0.0127. The Labute approximate surface area is 644 Å². The molecule has 0 aliphatic heterocycles. The number of nitrogens with two attached hydrogens (primary N) is 5. The van der Waals surface area contributed by atoms with E-state index in [0.717, 1.165) is 6.92 Å². The Morgan fingerprint density at radius 2 is 0.836 bits per heavy atom. The van der Waals surface area contributed by atoms with Crippen LogP contribution in [0, 0.1) is 23.2 Å². The average molecular weight is 1570 g/mol. The van der Waals surface area contributed by atoms with Gasteiger partial charge in [-0.3, -0.25) is 77.3 Å². The summed E-state index contributed by atoms with van der Waals surface area (Å²) in [6, 6.07) is -12.3. The maximum atomic E-state index is 14.5. The number of carboxylic acid groups (broad SMARTS) is 1. The lowest BCUT2D eigenvalue weighted by atomic mass is 9.98. The first kappa shape index (κ1) is 96.0. The third-order valence-corrected chi connectivity index (χ3v) is 17.6. The number of rotatable bonds is 51. The number of aromatic amines is 1. The van der Waals surface area contributed by atoms with E-state index in [9.17, 15) is 87.2 Å². The van der Waals surface area contributed by atoms with Crippen LogP contribution in [0.1, 0.15) is 138 Å². The molecular weight excluding hydrogens is 1460 g/mol. The molecule has 0 bridgehead atoms. The summed E-state index contributed by atoms with van der Waals surface area (Å²) in [5, 5.41) is 73.4. The normalized spacial score (nSPS) is 15.6. The topological polar surface area (TPSA) is 668 Å². The van der Waals surface area contributed by atoms with Crippen molar-refractivity contribution in [2.24, 2.45) is 46.4 Å². The highest BCUT2D eigenvalue weighted by atomic mass is 32.1. The number of unbranched alkanes of at least 4 members (excludes halogenated alkanes) is 2. The van der Waals surface area contributed by atoms with E-state index in [-0.39, 0.29) is 63.7 Å². The van der Waals surface area contributed by atoms with Crippen molar-refractivity contribution < 1.29 is 87.2 Å². The lowest BCUT2D eigenvalue weighted by molar-refractivity contribution is -0.142. The number of aliphatic carboxylic acids is 1. The van der Waals surface area contributed by atoms with Crippen molar-refractivity contribution in [2.75, 3.05) is 25.4 Å². The van der Waals surface area contributed by atoms with Crippen LogP contribution >= 0.6 is 12.6 Å². The molecule has 2 aromatic rings. The summed E-state index contributed by atoms with van der Waals surface area (Å²) in [5.74, 6) is -18.2. The van der Waals surface area contributed by atoms with Crippen LogP contribution in [0.15, 0.2) is 42.9 Å². The standard InChI is InChI=1S/C69H116N22O18S/c1-33(2)50(89-64(104)51(34(3)4)87-61(101)47(29-49(73)94)85-66(106)53(38(9)92)90-55(95)36(7)79-59(99)45(27-40-19-12-11-13-20-40)83-56(96)42(72)21-14-16-24-70)63(103)82-44(23-18-26-77-69(74)75)57(97)81-43(22-15-17-25-71)58(98)86-48(31-110)62(102)88-52(35(5)6)65(105)91-54(39(10)93)67(107)84-46(28-41-30-76-32-78-41)60(100)80-37(8)68(108)109/h11-13,19-20,30,32-39,42-48,50-54,92-93,110H,14-18,21-29,31,70-72H2,1-10H3,(H2,73,94)(H,76,78)(H,79,99)(H,80,100)(H,81,97)(H,82,103)(H,83,96)(H,84,107)(H,85,106)(H,86,98)(H,87,101)(H,88,102)(H,89,104)(H,90,95)(H,91,105)(H,108,109)(H4,74,75,77)/t36-,37-,38+,39+,42-,43-,44-,45-,46-,47-,48-,50-,51-,52-,53-,54-/m0/s1. The Bertz CT molecular complexity index is 3390. The molecule has 110 heavy (non-hydrogen) atoms. The second-order valence-electron chi connectivity index (χ2n) is 27.8.